The lowest BCUT2D eigenvalue weighted by Gasteiger charge is -2.20. The molecule has 18 nitrogen and oxygen atoms in total. The number of hydrogen-bond donors (Lipinski definition) is 2. The van der Waals surface area contributed by atoms with Crippen LogP contribution in [0.4, 0.5) is 10.3 Å². The molecule has 47 heavy (non-hydrogen) atoms. The Kier molecular flexibility index (Phi) is 14.8. The van der Waals surface area contributed by atoms with Crippen LogP contribution in [0.3, 0.4) is 0 Å². The van der Waals surface area contributed by atoms with E-state index in [1.54, 1.807) is 0 Å². The van der Waals surface area contributed by atoms with Crippen LogP contribution in [0.1, 0.15) is 43.9 Å². The van der Waals surface area contributed by atoms with Gasteiger partial charge in [-0.15, -0.1) is 20.2 Å². The van der Waals surface area contributed by atoms with Crippen molar-refractivity contribution in [2.45, 2.75) is 50.9 Å². The van der Waals surface area contributed by atoms with E-state index < -0.39 is 69.9 Å². The first-order valence-corrected chi connectivity index (χ1v) is 15.8. The topological polar surface area (TPSA) is 244 Å². The molecule has 0 amide bonds. The highest BCUT2D eigenvalue weighted by Gasteiger charge is 2.23. The highest BCUT2D eigenvalue weighted by Crippen LogP contribution is 2.31. The molecule has 20 heteroatoms. The van der Waals surface area contributed by atoms with Crippen LogP contribution in [-0.4, -0.2) is 103 Å². The fourth-order valence-corrected chi connectivity index (χ4v) is 4.28. The first-order chi connectivity index (χ1) is 22.0. The number of esters is 1. The smallest absolute Gasteiger partial charge is 0.308 e. The molecule has 0 radical (unpaired) electrons. The van der Waals surface area contributed by atoms with Gasteiger partial charge in [-0.1, -0.05) is 26.0 Å². The summed E-state index contributed by atoms with van der Waals surface area (Å²) in [6.07, 6.45) is -0.939. The molecule has 0 fully saturated rings. The van der Waals surface area contributed by atoms with E-state index >= 15 is 0 Å². The number of anilines is 1. The summed E-state index contributed by atoms with van der Waals surface area (Å²) in [5.41, 5.74) is 1.57. The Morgan fingerprint density at radius 3 is 2.32 bits per heavy atom. The van der Waals surface area contributed by atoms with Gasteiger partial charge in [0.2, 0.25) is 16.0 Å². The molecular weight excluding hydrogens is 653 g/mol. The minimum atomic E-state index is -3.72. The quantitative estimate of drug-likeness (QED) is 0.0869. The SMILES string of the molecule is CC(C)c1nc(N(C)S(C)(=O)=O)nc(-c2ccc(F)cc2)c1/C=C/[C@@H](O)C[C@@H](O)CC(=O)OCCOCC(CO[N+](=O)[O-])O[N+](=O)[O-]. The summed E-state index contributed by atoms with van der Waals surface area (Å²) >= 11 is 0. The van der Waals surface area contributed by atoms with Crippen LogP contribution in [0.2, 0.25) is 0 Å². The number of halogens is 1. The van der Waals surface area contributed by atoms with Gasteiger partial charge in [0, 0.05) is 24.6 Å². The summed E-state index contributed by atoms with van der Waals surface area (Å²) < 4.78 is 49.0. The van der Waals surface area contributed by atoms with E-state index in [0.717, 1.165) is 10.6 Å². The maximum Gasteiger partial charge on any atom is 0.308 e. The second kappa shape index (κ2) is 18.0. The van der Waals surface area contributed by atoms with Gasteiger partial charge in [-0.05, 0) is 30.2 Å². The maximum atomic E-state index is 13.7. The van der Waals surface area contributed by atoms with Crippen molar-refractivity contribution in [1.29, 1.82) is 0 Å². The lowest BCUT2D eigenvalue weighted by molar-refractivity contribution is -0.790. The molecule has 0 aliphatic rings. The highest BCUT2D eigenvalue weighted by molar-refractivity contribution is 7.92. The molecule has 260 valence electrons. The Bertz CT molecular complexity index is 1510. The van der Waals surface area contributed by atoms with Gasteiger partial charge >= 0.3 is 5.97 Å². The fraction of sp³-hybridized carbons (Fsp3) is 0.519. The van der Waals surface area contributed by atoms with Crippen LogP contribution in [0.5, 0.6) is 0 Å². The van der Waals surface area contributed by atoms with Crippen LogP contribution in [0, 0.1) is 26.0 Å². The predicted octanol–water partition coefficient (Wildman–Crippen LogP) is 1.66. The van der Waals surface area contributed by atoms with Crippen molar-refractivity contribution in [1.82, 2.24) is 9.97 Å². The van der Waals surface area contributed by atoms with Crippen molar-refractivity contribution >= 4 is 28.0 Å². The molecule has 1 aromatic heterocycles. The number of benzene rings is 1. The van der Waals surface area contributed by atoms with Crippen LogP contribution >= 0.6 is 0 Å². The zero-order chi connectivity index (χ0) is 35.3. The highest BCUT2D eigenvalue weighted by atomic mass is 32.2. The van der Waals surface area contributed by atoms with Gasteiger partial charge in [-0.3, -0.25) is 4.79 Å². The van der Waals surface area contributed by atoms with Crippen LogP contribution in [0.15, 0.2) is 30.3 Å². The minimum Gasteiger partial charge on any atom is -0.463 e. The normalized spacial score (nSPS) is 13.6. The Morgan fingerprint density at radius 2 is 1.74 bits per heavy atom. The maximum absolute atomic E-state index is 13.7. The molecule has 0 bridgehead atoms. The van der Waals surface area contributed by atoms with Crippen LogP contribution in [-0.2, 0) is 34.0 Å². The van der Waals surface area contributed by atoms with Crippen molar-refractivity contribution in [2.24, 2.45) is 0 Å². The second-order valence-electron chi connectivity index (χ2n) is 10.3. The van der Waals surface area contributed by atoms with E-state index in [-0.39, 0.29) is 37.2 Å². The molecule has 1 unspecified atom stereocenters. The number of carbonyl (C=O) groups excluding carboxylic acids is 1. The van der Waals surface area contributed by atoms with E-state index in [2.05, 4.69) is 19.6 Å². The van der Waals surface area contributed by atoms with E-state index in [0.29, 0.717) is 16.8 Å². The Hall–Kier alpha value is -4.53. The first-order valence-electron chi connectivity index (χ1n) is 14.0. The number of sulfonamides is 1. The number of carbonyl (C=O) groups is 1. The average molecular weight is 690 g/mol. The van der Waals surface area contributed by atoms with Gasteiger partial charge in [-0.2, -0.15) is 0 Å². The summed E-state index contributed by atoms with van der Waals surface area (Å²) in [6.45, 7) is 1.83. The number of aliphatic hydroxyl groups is 2. The number of hydrogen-bond acceptors (Lipinski definition) is 15. The van der Waals surface area contributed by atoms with Crippen molar-refractivity contribution < 1.29 is 57.1 Å². The Labute approximate surface area is 269 Å². The van der Waals surface area contributed by atoms with Gasteiger partial charge in [0.05, 0.1) is 49.5 Å². The van der Waals surface area contributed by atoms with Crippen molar-refractivity contribution in [3.05, 3.63) is 67.6 Å². The Balaban J connectivity index is 2.06. The molecule has 0 spiro atoms. The van der Waals surface area contributed by atoms with Crippen molar-refractivity contribution in [3.8, 4) is 11.3 Å². The van der Waals surface area contributed by atoms with E-state index in [9.17, 15) is 48.0 Å². The molecule has 0 saturated carbocycles. The zero-order valence-electron chi connectivity index (χ0n) is 25.9. The van der Waals surface area contributed by atoms with E-state index in [1.165, 1.54) is 43.5 Å². The van der Waals surface area contributed by atoms with Crippen molar-refractivity contribution in [2.75, 3.05) is 44.0 Å². The Morgan fingerprint density at radius 1 is 1.09 bits per heavy atom. The van der Waals surface area contributed by atoms with E-state index in [1.807, 2.05) is 13.8 Å². The van der Waals surface area contributed by atoms with Crippen LogP contribution < -0.4 is 4.31 Å². The molecule has 0 saturated heterocycles. The molecule has 0 aliphatic carbocycles. The summed E-state index contributed by atoms with van der Waals surface area (Å²) in [6, 6.07) is 5.35. The number of aliphatic hydroxyl groups excluding tert-OH is 2. The zero-order valence-corrected chi connectivity index (χ0v) is 26.7. The third-order valence-electron chi connectivity index (χ3n) is 6.20. The standard InChI is InChI=1S/C27H36FN5O13S/c1-17(2)25-23(26(18-5-7-19(28)8-6-18)30-27(29-25)31(3)47(4,41)42)10-9-20(34)13-21(35)14-24(36)44-12-11-43-15-22(46-33(39)40)16-45-32(37)38/h5-10,17,20-22,34-35H,11-16H2,1-4H3/b10-9+/t20-,21-,22?/m1/s1. The number of ether oxygens (including phenoxy) is 2. The average Bonchev–Trinajstić information content (AvgIpc) is 2.97. The molecule has 2 rings (SSSR count). The molecule has 0 aliphatic heterocycles. The van der Waals surface area contributed by atoms with Gasteiger partial charge in [-0.25, -0.2) is 27.1 Å². The molecule has 1 aromatic carbocycles. The first kappa shape index (κ1) is 38.7. The van der Waals surface area contributed by atoms with Gasteiger partial charge in [0.1, 0.15) is 19.0 Å². The van der Waals surface area contributed by atoms with Gasteiger partial charge in [0.25, 0.3) is 10.2 Å². The summed E-state index contributed by atoms with van der Waals surface area (Å²) in [5, 5.41) is 39.3. The third kappa shape index (κ3) is 13.4. The van der Waals surface area contributed by atoms with E-state index in [4.69, 9.17) is 9.47 Å². The van der Waals surface area contributed by atoms with Gasteiger partial charge in [0.15, 0.2) is 6.10 Å². The van der Waals surface area contributed by atoms with Crippen LogP contribution in [0.25, 0.3) is 17.3 Å². The molecule has 1 heterocycles. The second-order valence-corrected chi connectivity index (χ2v) is 12.4. The number of rotatable bonds is 20. The van der Waals surface area contributed by atoms with Crippen molar-refractivity contribution in [3.63, 3.8) is 0 Å². The molecule has 2 aromatic rings. The minimum absolute atomic E-state index is 0.110. The third-order valence-corrected chi connectivity index (χ3v) is 7.36. The molecule has 3 atom stereocenters. The molecule has 2 N–H and O–H groups in total. The lowest BCUT2D eigenvalue weighted by atomic mass is 9.97. The van der Waals surface area contributed by atoms with Gasteiger partial charge < -0.3 is 29.4 Å². The lowest BCUT2D eigenvalue weighted by Crippen LogP contribution is -2.30. The predicted molar refractivity (Wildman–Crippen MR) is 162 cm³/mol. The fourth-order valence-electron chi connectivity index (χ4n) is 3.90. The summed E-state index contributed by atoms with van der Waals surface area (Å²) in [4.78, 5) is 49.9. The number of nitrogens with zero attached hydrogens (tertiary/aromatic N) is 5. The molecular formula is C27H36FN5O13S. The largest absolute Gasteiger partial charge is 0.463 e. The summed E-state index contributed by atoms with van der Waals surface area (Å²) in [5.74, 6) is -1.69. The number of aromatic nitrogens is 2. The summed E-state index contributed by atoms with van der Waals surface area (Å²) in [7, 11) is -2.43. The monoisotopic (exact) mass is 689 g/mol.